The van der Waals surface area contributed by atoms with Gasteiger partial charge in [-0.05, 0) is 79.5 Å². The third-order valence-corrected chi connectivity index (χ3v) is 7.37. The van der Waals surface area contributed by atoms with E-state index >= 15 is 0 Å². The SMILES string of the molecule is CCc1cc(-c2c(CC)cccc2CC)nc(NC)c1CN(C)C1CCCc2ccccc21. The van der Waals surface area contributed by atoms with Crippen molar-refractivity contribution in [1.29, 1.82) is 0 Å². The van der Waals surface area contributed by atoms with Gasteiger partial charge in [-0.2, -0.15) is 0 Å². The Kier molecular flexibility index (Phi) is 7.49. The summed E-state index contributed by atoms with van der Waals surface area (Å²) in [7, 11) is 4.29. The first-order chi connectivity index (χ1) is 16.1. The highest BCUT2D eigenvalue weighted by Crippen LogP contribution is 2.36. The number of fused-ring (bicyclic) bond motifs is 1. The van der Waals surface area contributed by atoms with Gasteiger partial charge in [-0.1, -0.05) is 63.2 Å². The van der Waals surface area contributed by atoms with E-state index in [1.165, 1.54) is 58.2 Å². The van der Waals surface area contributed by atoms with E-state index in [1.54, 1.807) is 0 Å². The molecule has 0 spiro atoms. The summed E-state index contributed by atoms with van der Waals surface area (Å²) in [5.41, 5.74) is 11.0. The van der Waals surface area contributed by atoms with Crippen LogP contribution < -0.4 is 5.32 Å². The molecule has 1 atom stereocenters. The zero-order valence-electron chi connectivity index (χ0n) is 21.0. The van der Waals surface area contributed by atoms with Gasteiger partial charge in [0.15, 0.2) is 0 Å². The van der Waals surface area contributed by atoms with Gasteiger partial charge in [0.2, 0.25) is 0 Å². The van der Waals surface area contributed by atoms with Crippen molar-refractivity contribution in [2.75, 3.05) is 19.4 Å². The molecule has 1 aromatic heterocycles. The average Bonchev–Trinajstić information content (AvgIpc) is 2.87. The van der Waals surface area contributed by atoms with Crippen LogP contribution in [0.3, 0.4) is 0 Å². The van der Waals surface area contributed by atoms with E-state index in [0.29, 0.717) is 6.04 Å². The molecule has 2 aromatic carbocycles. The number of hydrogen-bond acceptors (Lipinski definition) is 3. The summed E-state index contributed by atoms with van der Waals surface area (Å²) in [5, 5.41) is 3.45. The molecule has 1 aliphatic carbocycles. The van der Waals surface area contributed by atoms with Gasteiger partial charge in [-0.25, -0.2) is 4.98 Å². The van der Waals surface area contributed by atoms with Crippen LogP contribution in [0.2, 0.25) is 0 Å². The molecule has 3 nitrogen and oxygen atoms in total. The van der Waals surface area contributed by atoms with Crippen LogP contribution in [0.15, 0.2) is 48.5 Å². The zero-order chi connectivity index (χ0) is 23.4. The summed E-state index contributed by atoms with van der Waals surface area (Å²) >= 11 is 0. The highest BCUT2D eigenvalue weighted by molar-refractivity contribution is 5.71. The minimum atomic E-state index is 0.469. The maximum Gasteiger partial charge on any atom is 0.131 e. The van der Waals surface area contributed by atoms with Crippen molar-refractivity contribution in [1.82, 2.24) is 9.88 Å². The number of nitrogens with zero attached hydrogens (tertiary/aromatic N) is 2. The first-order valence-corrected chi connectivity index (χ1v) is 12.7. The van der Waals surface area contributed by atoms with Crippen LogP contribution >= 0.6 is 0 Å². The molecule has 0 aliphatic heterocycles. The van der Waals surface area contributed by atoms with Crippen molar-refractivity contribution >= 4 is 5.82 Å². The largest absolute Gasteiger partial charge is 0.373 e. The molecule has 0 saturated carbocycles. The van der Waals surface area contributed by atoms with Crippen molar-refractivity contribution in [2.45, 2.75) is 71.9 Å². The molecule has 33 heavy (non-hydrogen) atoms. The van der Waals surface area contributed by atoms with Crippen molar-refractivity contribution in [3.05, 3.63) is 81.9 Å². The van der Waals surface area contributed by atoms with E-state index in [2.05, 4.69) is 86.6 Å². The fraction of sp³-hybridized carbons (Fsp3) is 0.433. The molecule has 0 bridgehead atoms. The monoisotopic (exact) mass is 441 g/mol. The molecular weight excluding hydrogens is 402 g/mol. The van der Waals surface area contributed by atoms with Crippen LogP contribution in [-0.4, -0.2) is 24.0 Å². The average molecular weight is 442 g/mol. The number of aromatic nitrogens is 1. The number of pyridine rings is 1. The Morgan fingerprint density at radius 2 is 1.64 bits per heavy atom. The van der Waals surface area contributed by atoms with Gasteiger partial charge in [0.05, 0.1) is 5.69 Å². The lowest BCUT2D eigenvalue weighted by Crippen LogP contribution is -2.28. The summed E-state index contributed by atoms with van der Waals surface area (Å²) in [6, 6.07) is 18.5. The Bertz CT molecular complexity index is 1050. The van der Waals surface area contributed by atoms with Gasteiger partial charge in [0.1, 0.15) is 5.82 Å². The molecule has 1 aliphatic rings. The Labute approximate surface area is 200 Å². The second-order valence-electron chi connectivity index (χ2n) is 9.28. The number of benzene rings is 2. The minimum absolute atomic E-state index is 0.469. The van der Waals surface area contributed by atoms with Crippen molar-refractivity contribution in [3.63, 3.8) is 0 Å². The predicted molar refractivity (Wildman–Crippen MR) is 141 cm³/mol. The van der Waals surface area contributed by atoms with Gasteiger partial charge in [-0.15, -0.1) is 0 Å². The molecule has 0 amide bonds. The topological polar surface area (TPSA) is 28.2 Å². The van der Waals surface area contributed by atoms with Crippen molar-refractivity contribution in [3.8, 4) is 11.3 Å². The minimum Gasteiger partial charge on any atom is -0.373 e. The predicted octanol–water partition coefficient (Wildman–Crippen LogP) is 6.99. The summed E-state index contributed by atoms with van der Waals surface area (Å²) in [4.78, 5) is 7.73. The Morgan fingerprint density at radius 3 is 2.30 bits per heavy atom. The summed E-state index contributed by atoms with van der Waals surface area (Å²) in [6.07, 6.45) is 6.73. The number of rotatable bonds is 8. The van der Waals surface area contributed by atoms with Gasteiger partial charge in [0.25, 0.3) is 0 Å². The van der Waals surface area contributed by atoms with Crippen LogP contribution in [-0.2, 0) is 32.2 Å². The molecular formula is C30H39N3. The fourth-order valence-electron chi connectivity index (χ4n) is 5.57. The van der Waals surface area contributed by atoms with E-state index in [0.717, 1.165) is 37.3 Å². The number of aryl methyl sites for hydroxylation is 4. The molecule has 4 rings (SSSR count). The Hall–Kier alpha value is -2.65. The normalized spacial score (nSPS) is 15.5. The Balaban J connectivity index is 1.73. The van der Waals surface area contributed by atoms with Gasteiger partial charge >= 0.3 is 0 Å². The van der Waals surface area contributed by atoms with E-state index in [4.69, 9.17) is 4.98 Å². The van der Waals surface area contributed by atoms with Gasteiger partial charge < -0.3 is 5.32 Å². The van der Waals surface area contributed by atoms with Gasteiger partial charge in [0, 0.05) is 30.8 Å². The van der Waals surface area contributed by atoms with Gasteiger partial charge in [-0.3, -0.25) is 4.90 Å². The Morgan fingerprint density at radius 1 is 0.939 bits per heavy atom. The van der Waals surface area contributed by atoms with E-state index in [9.17, 15) is 0 Å². The van der Waals surface area contributed by atoms with Crippen molar-refractivity contribution < 1.29 is 0 Å². The van der Waals surface area contributed by atoms with Crippen LogP contribution in [0.4, 0.5) is 5.82 Å². The molecule has 3 aromatic rings. The maximum absolute atomic E-state index is 5.19. The lowest BCUT2D eigenvalue weighted by Gasteiger charge is -2.34. The van der Waals surface area contributed by atoms with E-state index in [1.807, 2.05) is 7.05 Å². The van der Waals surface area contributed by atoms with E-state index in [-0.39, 0.29) is 0 Å². The molecule has 1 unspecified atom stereocenters. The molecule has 0 fully saturated rings. The van der Waals surface area contributed by atoms with Crippen LogP contribution in [0.25, 0.3) is 11.3 Å². The molecule has 1 heterocycles. The van der Waals surface area contributed by atoms with Crippen molar-refractivity contribution in [2.24, 2.45) is 0 Å². The number of anilines is 1. The van der Waals surface area contributed by atoms with Crippen LogP contribution in [0.5, 0.6) is 0 Å². The summed E-state index contributed by atoms with van der Waals surface area (Å²) < 4.78 is 0. The van der Waals surface area contributed by atoms with E-state index < -0.39 is 0 Å². The fourth-order valence-corrected chi connectivity index (χ4v) is 5.57. The number of hydrogen-bond donors (Lipinski definition) is 1. The lowest BCUT2D eigenvalue weighted by atomic mass is 9.86. The highest BCUT2D eigenvalue weighted by atomic mass is 15.1. The first-order valence-electron chi connectivity index (χ1n) is 12.7. The zero-order valence-corrected chi connectivity index (χ0v) is 21.0. The van der Waals surface area contributed by atoms with Crippen LogP contribution in [0, 0.1) is 0 Å². The van der Waals surface area contributed by atoms with Crippen LogP contribution in [0.1, 0.15) is 73.0 Å². The molecule has 3 heteroatoms. The molecule has 174 valence electrons. The third-order valence-electron chi connectivity index (χ3n) is 7.37. The second kappa shape index (κ2) is 10.5. The standard InChI is InChI=1S/C30H39N3/c1-6-21-14-11-15-22(7-2)29(21)27-19-23(8-3)26(30(31-4)32-27)20-33(5)28-18-12-16-24-13-9-10-17-25(24)28/h9-11,13-15,17,19,28H,6-8,12,16,18,20H2,1-5H3,(H,31,32). The third kappa shape index (κ3) is 4.70. The summed E-state index contributed by atoms with van der Waals surface area (Å²) in [5.74, 6) is 1.02. The molecule has 0 saturated heterocycles. The molecule has 0 radical (unpaired) electrons. The highest BCUT2D eigenvalue weighted by Gasteiger charge is 2.25. The second-order valence-corrected chi connectivity index (χ2v) is 9.28. The number of nitrogens with one attached hydrogen (secondary N) is 1. The summed E-state index contributed by atoms with van der Waals surface area (Å²) in [6.45, 7) is 7.65. The maximum atomic E-state index is 5.19. The first kappa shape index (κ1) is 23.5. The smallest absolute Gasteiger partial charge is 0.131 e. The quantitative estimate of drug-likeness (QED) is 0.408. The molecule has 1 N–H and O–H groups in total. The lowest BCUT2D eigenvalue weighted by molar-refractivity contribution is 0.213.